The minimum absolute atomic E-state index is 0.0401. The van der Waals surface area contributed by atoms with Gasteiger partial charge in [0.25, 0.3) is 0 Å². The van der Waals surface area contributed by atoms with E-state index in [1.807, 2.05) is 53.9 Å². The Kier molecular flexibility index (Phi) is 7.49. The van der Waals surface area contributed by atoms with Crippen molar-refractivity contribution in [3.8, 4) is 51.1 Å². The van der Waals surface area contributed by atoms with Gasteiger partial charge in [-0.25, -0.2) is 19.9 Å². The van der Waals surface area contributed by atoms with Crippen LogP contribution in [-0.4, -0.2) is 24.5 Å². The first-order valence-electron chi connectivity index (χ1n) is 18.2. The summed E-state index contributed by atoms with van der Waals surface area (Å²) in [5.74, 6) is 2.58. The molecule has 0 saturated carbocycles. The number of pyridine rings is 1. The van der Waals surface area contributed by atoms with Gasteiger partial charge in [-0.05, 0) is 64.6 Å². The fourth-order valence-corrected chi connectivity index (χ4v) is 8.64. The van der Waals surface area contributed by atoms with E-state index in [0.717, 1.165) is 44.3 Å². The van der Waals surface area contributed by atoms with Crippen LogP contribution in [0.2, 0.25) is 0 Å². The van der Waals surface area contributed by atoms with Crippen LogP contribution in [-0.2, 0) is 5.41 Å². The Morgan fingerprint density at radius 2 is 1.07 bits per heavy atom. The molecule has 0 N–H and O–H groups in total. The van der Waals surface area contributed by atoms with E-state index in [4.69, 9.17) is 19.9 Å². The maximum Gasteiger partial charge on any atom is 0.167 e. The van der Waals surface area contributed by atoms with E-state index < -0.39 is 0 Å². The zero-order valence-electron chi connectivity index (χ0n) is 30.2. The van der Waals surface area contributed by atoms with Gasteiger partial charge in [-0.3, -0.25) is 4.57 Å². The molecular formula is C48H35N5S. The minimum Gasteiger partial charge on any atom is -0.293 e. The first-order chi connectivity index (χ1) is 26.4. The molecule has 0 amide bonds. The van der Waals surface area contributed by atoms with Crippen molar-refractivity contribution in [2.24, 2.45) is 0 Å². The topological polar surface area (TPSA) is 56.5 Å². The Hall–Kier alpha value is -6.50. The second-order valence-corrected chi connectivity index (χ2v) is 15.9. The van der Waals surface area contributed by atoms with Gasteiger partial charge in [0.1, 0.15) is 5.82 Å². The number of hydrogen-bond donors (Lipinski definition) is 0. The van der Waals surface area contributed by atoms with Crippen molar-refractivity contribution in [3.05, 3.63) is 163 Å². The van der Waals surface area contributed by atoms with Gasteiger partial charge < -0.3 is 0 Å². The molecule has 0 atom stereocenters. The number of para-hydroxylation sites is 1. The van der Waals surface area contributed by atoms with Crippen LogP contribution in [0.4, 0.5) is 0 Å². The van der Waals surface area contributed by atoms with Crippen LogP contribution in [0.3, 0.4) is 0 Å². The molecule has 0 unspecified atom stereocenters. The molecule has 6 heteroatoms. The fraction of sp³-hybridized carbons (Fsp3) is 0.0833. The summed E-state index contributed by atoms with van der Waals surface area (Å²) in [5, 5.41) is 4.94. The molecule has 0 spiro atoms. The predicted molar refractivity (Wildman–Crippen MR) is 225 cm³/mol. The lowest BCUT2D eigenvalue weighted by molar-refractivity contribution is 0.590. The van der Waals surface area contributed by atoms with Gasteiger partial charge in [0, 0.05) is 48.3 Å². The number of nitrogens with zero attached hydrogens (tertiary/aromatic N) is 5. The second-order valence-electron chi connectivity index (χ2n) is 14.8. The third kappa shape index (κ3) is 5.46. The molecule has 258 valence electrons. The van der Waals surface area contributed by atoms with Crippen molar-refractivity contribution in [1.82, 2.24) is 24.5 Å². The lowest BCUT2D eigenvalue weighted by Gasteiger charge is -2.19. The number of rotatable bonds is 5. The van der Waals surface area contributed by atoms with Crippen LogP contribution in [0, 0.1) is 0 Å². The largest absolute Gasteiger partial charge is 0.293 e. The zero-order chi connectivity index (χ0) is 36.4. The normalized spacial score (nSPS) is 12.0. The second kappa shape index (κ2) is 12.6. The highest BCUT2D eigenvalue weighted by Crippen LogP contribution is 2.40. The van der Waals surface area contributed by atoms with Gasteiger partial charge in [0.05, 0.1) is 16.6 Å². The molecule has 4 aromatic heterocycles. The van der Waals surface area contributed by atoms with E-state index in [1.54, 1.807) is 0 Å². The van der Waals surface area contributed by atoms with E-state index in [2.05, 4.69) is 141 Å². The summed E-state index contributed by atoms with van der Waals surface area (Å²) in [5.41, 5.74) is 8.51. The number of thiophene rings is 1. The van der Waals surface area contributed by atoms with Crippen molar-refractivity contribution in [2.45, 2.75) is 26.2 Å². The first-order valence-corrected chi connectivity index (χ1v) is 19.0. The molecule has 0 fully saturated rings. The van der Waals surface area contributed by atoms with Crippen LogP contribution < -0.4 is 0 Å². The molecule has 0 aliphatic heterocycles. The Labute approximate surface area is 317 Å². The van der Waals surface area contributed by atoms with Gasteiger partial charge in [0.15, 0.2) is 17.5 Å². The van der Waals surface area contributed by atoms with Crippen molar-refractivity contribution in [1.29, 1.82) is 0 Å². The molecular weight excluding hydrogens is 679 g/mol. The number of benzene rings is 6. The van der Waals surface area contributed by atoms with Crippen molar-refractivity contribution < 1.29 is 0 Å². The molecule has 0 saturated heterocycles. The van der Waals surface area contributed by atoms with Gasteiger partial charge in [0.2, 0.25) is 0 Å². The summed E-state index contributed by atoms with van der Waals surface area (Å²) in [7, 11) is 0. The average Bonchev–Trinajstić information content (AvgIpc) is 3.75. The first kappa shape index (κ1) is 32.2. The number of fused-ring (bicyclic) bond motifs is 6. The lowest BCUT2D eigenvalue weighted by atomic mass is 9.87. The van der Waals surface area contributed by atoms with Gasteiger partial charge in [-0.2, -0.15) is 0 Å². The summed E-state index contributed by atoms with van der Waals surface area (Å²) < 4.78 is 4.86. The third-order valence-electron chi connectivity index (χ3n) is 10.3. The van der Waals surface area contributed by atoms with Crippen LogP contribution in [0.25, 0.3) is 93.1 Å². The fourth-order valence-electron chi connectivity index (χ4n) is 7.50. The van der Waals surface area contributed by atoms with Crippen molar-refractivity contribution >= 4 is 53.3 Å². The predicted octanol–water partition coefficient (Wildman–Crippen LogP) is 12.7. The number of hydrogen-bond acceptors (Lipinski definition) is 5. The van der Waals surface area contributed by atoms with E-state index in [1.165, 1.54) is 36.9 Å². The number of aromatic nitrogens is 5. The maximum absolute atomic E-state index is 5.14. The smallest absolute Gasteiger partial charge is 0.167 e. The van der Waals surface area contributed by atoms with Crippen LogP contribution in [0.1, 0.15) is 26.3 Å². The van der Waals surface area contributed by atoms with E-state index in [0.29, 0.717) is 17.5 Å². The third-order valence-corrected chi connectivity index (χ3v) is 11.4. The monoisotopic (exact) mass is 713 g/mol. The standard InChI is InChI=1S/C48H35N5S/c1-48(2,3)34-23-19-31(20-24-34)45-50-44(30-12-5-4-6-13-30)51-46(52-45)38-16-11-27-49-47(38)53-40-17-9-7-14-35(40)39-28-32(22-26-41(39)53)33-21-25-37-36-15-8-10-18-42(36)54-43(37)29-33/h4-29H,1-3H3. The summed E-state index contributed by atoms with van der Waals surface area (Å²) in [4.78, 5) is 20.3. The van der Waals surface area contributed by atoms with Crippen LogP contribution in [0.15, 0.2) is 158 Å². The lowest BCUT2D eigenvalue weighted by Crippen LogP contribution is -2.10. The molecule has 0 aliphatic rings. The summed E-state index contributed by atoms with van der Waals surface area (Å²) in [6.07, 6.45) is 1.85. The highest BCUT2D eigenvalue weighted by atomic mass is 32.1. The molecule has 0 aliphatic carbocycles. The van der Waals surface area contributed by atoms with Crippen molar-refractivity contribution in [2.75, 3.05) is 0 Å². The molecule has 54 heavy (non-hydrogen) atoms. The molecule has 10 aromatic rings. The highest BCUT2D eigenvalue weighted by Gasteiger charge is 2.21. The molecule has 0 bridgehead atoms. The Morgan fingerprint density at radius 1 is 0.463 bits per heavy atom. The molecule has 4 heterocycles. The maximum atomic E-state index is 5.14. The molecule has 0 radical (unpaired) electrons. The molecule has 10 rings (SSSR count). The van der Waals surface area contributed by atoms with E-state index >= 15 is 0 Å². The minimum atomic E-state index is 0.0401. The summed E-state index contributed by atoms with van der Waals surface area (Å²) in [6, 6.07) is 53.5. The van der Waals surface area contributed by atoms with Crippen LogP contribution >= 0.6 is 11.3 Å². The van der Waals surface area contributed by atoms with Crippen molar-refractivity contribution in [3.63, 3.8) is 0 Å². The van der Waals surface area contributed by atoms with E-state index in [-0.39, 0.29) is 5.41 Å². The molecule has 5 nitrogen and oxygen atoms in total. The highest BCUT2D eigenvalue weighted by molar-refractivity contribution is 7.25. The van der Waals surface area contributed by atoms with Gasteiger partial charge in [-0.15, -0.1) is 11.3 Å². The quantitative estimate of drug-likeness (QED) is 0.178. The Morgan fingerprint density at radius 3 is 1.87 bits per heavy atom. The van der Waals surface area contributed by atoms with Gasteiger partial charge in [-0.1, -0.05) is 130 Å². The Balaban J connectivity index is 1.14. The Bertz CT molecular complexity index is 3020. The van der Waals surface area contributed by atoms with Crippen LogP contribution in [0.5, 0.6) is 0 Å². The van der Waals surface area contributed by atoms with Gasteiger partial charge >= 0.3 is 0 Å². The average molecular weight is 714 g/mol. The SMILES string of the molecule is CC(C)(C)c1ccc(-c2nc(-c3ccccc3)nc(-c3cccnc3-n3c4ccccc4c4cc(-c5ccc6c(c5)sc5ccccc56)ccc43)n2)cc1. The zero-order valence-corrected chi connectivity index (χ0v) is 31.0. The molecule has 6 aromatic carbocycles. The summed E-state index contributed by atoms with van der Waals surface area (Å²) >= 11 is 1.85. The van der Waals surface area contributed by atoms with E-state index in [9.17, 15) is 0 Å². The summed E-state index contributed by atoms with van der Waals surface area (Å²) in [6.45, 7) is 6.67.